The van der Waals surface area contributed by atoms with Gasteiger partial charge in [0, 0.05) is 0 Å². The van der Waals surface area contributed by atoms with Crippen LogP contribution < -0.4 is 0 Å². The number of halogens is 1. The molecule has 1 rings (SSSR count). The Morgan fingerprint density at radius 1 is 1.36 bits per heavy atom. The fourth-order valence-corrected chi connectivity index (χ4v) is 2.91. The summed E-state index contributed by atoms with van der Waals surface area (Å²) in [5.41, 5.74) is 0. The highest BCUT2D eigenvalue weighted by molar-refractivity contribution is 14.1. The third-order valence-corrected chi connectivity index (χ3v) is 4.04. The summed E-state index contributed by atoms with van der Waals surface area (Å²) in [5.74, 6) is 0. The van der Waals surface area contributed by atoms with Crippen molar-refractivity contribution in [1.82, 2.24) is 0 Å². The summed E-state index contributed by atoms with van der Waals surface area (Å²) in [6.07, 6.45) is 6.45. The van der Waals surface area contributed by atoms with Gasteiger partial charge >= 0.3 is 0 Å². The summed E-state index contributed by atoms with van der Waals surface area (Å²) in [6.45, 7) is 0. The molecule has 11 heavy (non-hydrogen) atoms. The van der Waals surface area contributed by atoms with E-state index in [1.807, 2.05) is 0 Å². The summed E-state index contributed by atoms with van der Waals surface area (Å²) in [4.78, 5) is 0.232. The quantitative estimate of drug-likeness (QED) is 0.407. The van der Waals surface area contributed by atoms with Crippen LogP contribution >= 0.6 is 21.2 Å². The average molecular weight is 284 g/mol. The van der Waals surface area contributed by atoms with Crippen molar-refractivity contribution < 1.29 is 11.5 Å². The van der Waals surface area contributed by atoms with Crippen LogP contribution in [0, 0.1) is 0 Å². The average Bonchev–Trinajstić information content (AvgIpc) is 2.04. The topological polar surface area (TPSA) is 51.2 Å². The lowest BCUT2D eigenvalue weighted by Gasteiger charge is -2.02. The lowest BCUT2D eigenvalue weighted by atomic mass is 10.2. The first-order chi connectivity index (χ1) is 5.25. The number of hydrogen-bond donors (Lipinski definition) is 0. The first-order valence-corrected chi connectivity index (χ1v) is 6.02. The van der Waals surface area contributed by atoms with E-state index >= 15 is 0 Å². The Hall–Kier alpha value is -0.300. The second kappa shape index (κ2) is 3.91. The van der Waals surface area contributed by atoms with Crippen molar-refractivity contribution in [2.75, 3.05) is 0 Å². The predicted molar refractivity (Wildman–Crippen MR) is 50.7 cm³/mol. The molecule has 5 heteroatoms. The minimum atomic E-state index is -2.23. The molecule has 0 aromatic heterocycles. The summed E-state index contributed by atoms with van der Waals surface area (Å²) in [6, 6.07) is 0. The maximum absolute atomic E-state index is 10.5. The van der Waals surface area contributed by atoms with Gasteiger partial charge in [-0.3, -0.25) is 3.07 Å². The molecule has 60 valence electrons. The molecule has 1 aliphatic carbocycles. The molecule has 0 aromatic carbocycles. The van der Waals surface area contributed by atoms with E-state index in [1.54, 1.807) is 18.2 Å². The maximum atomic E-state index is 10.5. The molecule has 3 nitrogen and oxygen atoms in total. The van der Waals surface area contributed by atoms with Crippen LogP contribution in [0.15, 0.2) is 24.3 Å². The fourth-order valence-electron chi connectivity index (χ4n) is 0.720. The van der Waals surface area contributed by atoms with E-state index < -0.39 is 31.5 Å². The van der Waals surface area contributed by atoms with Gasteiger partial charge in [0.15, 0.2) is 21.2 Å². The van der Waals surface area contributed by atoms with Crippen molar-refractivity contribution >= 4 is 36.3 Å². The molecule has 1 aliphatic rings. The van der Waals surface area contributed by atoms with Crippen LogP contribution in [0.3, 0.4) is 0 Å². The van der Waals surface area contributed by atoms with Gasteiger partial charge in [-0.15, -0.1) is 0 Å². The van der Waals surface area contributed by atoms with Crippen molar-refractivity contribution in [3.63, 3.8) is 0 Å². The zero-order valence-electron chi connectivity index (χ0n) is 5.40. The molecule has 0 N–H and O–H groups in total. The monoisotopic (exact) mass is 284 g/mol. The van der Waals surface area contributed by atoms with E-state index in [1.165, 1.54) is 6.08 Å². The van der Waals surface area contributed by atoms with Crippen molar-refractivity contribution in [3.8, 4) is 0 Å². The van der Waals surface area contributed by atoms with E-state index in [-0.39, 0.29) is 8.79 Å². The highest BCUT2D eigenvalue weighted by Gasteiger charge is 2.13. The lowest BCUT2D eigenvalue weighted by Crippen LogP contribution is -2.12. The highest BCUT2D eigenvalue weighted by atomic mass is 127. The third-order valence-electron chi connectivity index (χ3n) is 1.21. The Bertz CT molecular complexity index is 342. The standard InChI is InChI=1S/C6H5IO3S/c8-7-5-3-1-2-4-6(5)11(9)10/h1-5H. The zero-order chi connectivity index (χ0) is 8.27. The molecule has 1 atom stereocenters. The van der Waals surface area contributed by atoms with Crippen LogP contribution in [0.5, 0.6) is 0 Å². The number of alkyl halides is 1. The molecule has 0 saturated heterocycles. The molecule has 0 radical (unpaired) electrons. The van der Waals surface area contributed by atoms with E-state index in [0.29, 0.717) is 0 Å². The van der Waals surface area contributed by atoms with Crippen molar-refractivity contribution in [2.24, 2.45) is 0 Å². The first kappa shape index (κ1) is 8.79. The predicted octanol–water partition coefficient (Wildman–Crippen LogP) is 0.849. The van der Waals surface area contributed by atoms with E-state index in [2.05, 4.69) is 0 Å². The SMILES string of the molecule is O=IC1C=CC=CC1=S(=O)=O. The van der Waals surface area contributed by atoms with Gasteiger partial charge in [0.2, 0.25) is 10.3 Å². The molecule has 0 spiro atoms. The number of allylic oxidation sites excluding steroid dienone is 4. The lowest BCUT2D eigenvalue weighted by molar-refractivity contribution is 0.626. The van der Waals surface area contributed by atoms with Crippen LogP contribution in [0.25, 0.3) is 0 Å². The Balaban J connectivity index is 3.18. The smallest absolute Gasteiger partial charge is 0.218 e. The van der Waals surface area contributed by atoms with Crippen LogP contribution in [0.2, 0.25) is 0 Å². The van der Waals surface area contributed by atoms with Gasteiger partial charge in [0.05, 0.1) is 4.86 Å². The molecule has 0 amide bonds. The van der Waals surface area contributed by atoms with E-state index in [0.717, 1.165) is 0 Å². The molecule has 0 aliphatic heterocycles. The van der Waals surface area contributed by atoms with E-state index in [9.17, 15) is 11.5 Å². The Morgan fingerprint density at radius 3 is 2.55 bits per heavy atom. The second-order valence-electron chi connectivity index (χ2n) is 1.87. The third kappa shape index (κ3) is 2.06. The van der Waals surface area contributed by atoms with Gasteiger partial charge in [-0.2, -0.15) is 8.42 Å². The summed E-state index contributed by atoms with van der Waals surface area (Å²) < 4.78 is 31.1. The Kier molecular flexibility index (Phi) is 3.13. The maximum Gasteiger partial charge on any atom is 0.218 e. The minimum absolute atomic E-state index is 0.232. The second-order valence-corrected chi connectivity index (χ2v) is 4.66. The van der Waals surface area contributed by atoms with Gasteiger partial charge < -0.3 is 0 Å². The van der Waals surface area contributed by atoms with Gasteiger partial charge in [-0.25, -0.2) is 0 Å². The van der Waals surface area contributed by atoms with Gasteiger partial charge in [0.1, 0.15) is 3.92 Å². The van der Waals surface area contributed by atoms with Crippen LogP contribution in [0.4, 0.5) is 0 Å². The first-order valence-electron chi connectivity index (χ1n) is 2.82. The number of hydrogen-bond acceptors (Lipinski definition) is 3. The Labute approximate surface area is 76.0 Å². The molecular weight excluding hydrogens is 279 g/mol. The molecular formula is C6H5IO3S. The van der Waals surface area contributed by atoms with Crippen LogP contribution in [-0.4, -0.2) is 17.2 Å². The molecule has 0 saturated carbocycles. The molecule has 0 bridgehead atoms. The number of rotatable bonds is 1. The normalized spacial score (nSPS) is 22.2. The summed E-state index contributed by atoms with van der Waals surface area (Å²) in [5, 5.41) is 0. The van der Waals surface area contributed by atoms with Crippen LogP contribution in [0.1, 0.15) is 0 Å². The summed E-state index contributed by atoms with van der Waals surface area (Å²) in [7, 11) is -2.23. The van der Waals surface area contributed by atoms with Crippen molar-refractivity contribution in [1.29, 1.82) is 0 Å². The van der Waals surface area contributed by atoms with Gasteiger partial charge in [-0.05, 0) is 6.08 Å². The van der Waals surface area contributed by atoms with Gasteiger partial charge in [-0.1, -0.05) is 18.2 Å². The van der Waals surface area contributed by atoms with Crippen molar-refractivity contribution in [3.05, 3.63) is 24.3 Å². The van der Waals surface area contributed by atoms with Crippen molar-refractivity contribution in [2.45, 2.75) is 3.92 Å². The minimum Gasteiger partial charge on any atom is -0.269 e. The molecule has 1 unspecified atom stereocenters. The van der Waals surface area contributed by atoms with E-state index in [4.69, 9.17) is 0 Å². The Morgan fingerprint density at radius 2 is 2.09 bits per heavy atom. The van der Waals surface area contributed by atoms with Gasteiger partial charge in [0.25, 0.3) is 0 Å². The highest BCUT2D eigenvalue weighted by Crippen LogP contribution is 2.14. The zero-order valence-corrected chi connectivity index (χ0v) is 8.37. The molecule has 0 fully saturated rings. The fraction of sp³-hybridized carbons (Fsp3) is 0.167. The molecule has 0 heterocycles. The largest absolute Gasteiger partial charge is 0.269 e. The van der Waals surface area contributed by atoms with Crippen LogP contribution in [-0.2, 0) is 13.4 Å². The summed E-state index contributed by atoms with van der Waals surface area (Å²) >= 11 is -1.31. The molecule has 0 aromatic rings.